The Bertz CT molecular complexity index is 967. The average molecular weight is 355 g/mol. The quantitative estimate of drug-likeness (QED) is 0.765. The molecule has 0 radical (unpaired) electrons. The number of carbonyl (C=O) groups excluding carboxylic acids is 1. The number of amides is 1. The van der Waals surface area contributed by atoms with Crippen molar-refractivity contribution in [2.75, 3.05) is 0 Å². The first kappa shape index (κ1) is 17.5. The lowest BCUT2D eigenvalue weighted by Gasteiger charge is -2.08. The summed E-state index contributed by atoms with van der Waals surface area (Å²) in [4.78, 5) is 24.2. The van der Waals surface area contributed by atoms with E-state index in [-0.39, 0.29) is 36.0 Å². The number of nitrogens with one attached hydrogen (secondary N) is 1. The van der Waals surface area contributed by atoms with Gasteiger partial charge in [-0.05, 0) is 41.5 Å². The molecule has 3 aromatic rings. The van der Waals surface area contributed by atoms with Gasteiger partial charge in [-0.2, -0.15) is 5.10 Å². The number of hydrogen-bond donors (Lipinski definition) is 1. The van der Waals surface area contributed by atoms with E-state index in [0.29, 0.717) is 5.56 Å². The Morgan fingerprint density at radius 3 is 2.08 bits per heavy atom. The van der Waals surface area contributed by atoms with Crippen LogP contribution in [0.1, 0.15) is 21.6 Å². The summed E-state index contributed by atoms with van der Waals surface area (Å²) < 4.78 is 27.0. The maximum Gasteiger partial charge on any atom is 0.271 e. The van der Waals surface area contributed by atoms with E-state index in [1.807, 2.05) is 0 Å². The Kier molecular flexibility index (Phi) is 5.17. The third kappa shape index (κ3) is 4.38. The Morgan fingerprint density at radius 2 is 1.46 bits per heavy atom. The number of rotatable bonds is 5. The minimum atomic E-state index is -0.456. The van der Waals surface area contributed by atoms with Crippen molar-refractivity contribution < 1.29 is 13.6 Å². The van der Waals surface area contributed by atoms with Crippen molar-refractivity contribution in [1.82, 2.24) is 15.1 Å². The summed E-state index contributed by atoms with van der Waals surface area (Å²) in [5.41, 5.74) is 1.13. The molecule has 0 unspecified atom stereocenters. The fraction of sp³-hybridized carbons (Fsp3) is 0.105. The van der Waals surface area contributed by atoms with Gasteiger partial charge in [0, 0.05) is 12.6 Å². The minimum absolute atomic E-state index is 0.0776. The van der Waals surface area contributed by atoms with Crippen LogP contribution in [0, 0.1) is 11.6 Å². The minimum Gasteiger partial charge on any atom is -0.347 e. The molecule has 132 valence electrons. The number of nitrogens with zero attached hydrogens (tertiary/aromatic N) is 2. The van der Waals surface area contributed by atoms with Crippen LogP contribution < -0.4 is 10.9 Å². The molecule has 0 bridgehead atoms. The number of hydrogen-bond acceptors (Lipinski definition) is 3. The summed E-state index contributed by atoms with van der Waals surface area (Å²) in [6, 6.07) is 14.0. The van der Waals surface area contributed by atoms with Crippen LogP contribution in [0.4, 0.5) is 8.78 Å². The van der Waals surface area contributed by atoms with Gasteiger partial charge in [-0.25, -0.2) is 13.5 Å². The Balaban J connectivity index is 1.71. The summed E-state index contributed by atoms with van der Waals surface area (Å²) in [6.07, 6.45) is 0. The van der Waals surface area contributed by atoms with Crippen molar-refractivity contribution in [3.63, 3.8) is 0 Å². The van der Waals surface area contributed by atoms with Gasteiger partial charge < -0.3 is 5.32 Å². The second-order valence-electron chi connectivity index (χ2n) is 5.65. The van der Waals surface area contributed by atoms with E-state index < -0.39 is 5.91 Å². The molecule has 0 atom stereocenters. The zero-order chi connectivity index (χ0) is 18.5. The molecular formula is C19H15F2N3O2. The van der Waals surface area contributed by atoms with Crippen LogP contribution in [0.2, 0.25) is 0 Å². The van der Waals surface area contributed by atoms with Crippen molar-refractivity contribution >= 4 is 5.91 Å². The molecular weight excluding hydrogens is 340 g/mol. The van der Waals surface area contributed by atoms with E-state index in [1.165, 1.54) is 36.4 Å². The van der Waals surface area contributed by atoms with Crippen LogP contribution in [0.15, 0.2) is 65.5 Å². The molecule has 5 nitrogen and oxygen atoms in total. The Labute approximate surface area is 147 Å². The van der Waals surface area contributed by atoms with Gasteiger partial charge in [0.2, 0.25) is 0 Å². The van der Waals surface area contributed by atoms with Gasteiger partial charge in [-0.15, -0.1) is 0 Å². The van der Waals surface area contributed by atoms with Gasteiger partial charge >= 0.3 is 0 Å². The first-order valence-electron chi connectivity index (χ1n) is 7.86. The Morgan fingerprint density at radius 1 is 0.885 bits per heavy atom. The number of carbonyl (C=O) groups is 1. The zero-order valence-electron chi connectivity index (χ0n) is 13.7. The van der Waals surface area contributed by atoms with Gasteiger partial charge in [0.25, 0.3) is 11.5 Å². The second-order valence-corrected chi connectivity index (χ2v) is 5.65. The predicted octanol–water partition coefficient (Wildman–Crippen LogP) is 2.50. The van der Waals surface area contributed by atoms with Crippen molar-refractivity contribution in [1.29, 1.82) is 0 Å². The van der Waals surface area contributed by atoms with E-state index in [2.05, 4.69) is 10.4 Å². The van der Waals surface area contributed by atoms with Crippen molar-refractivity contribution in [2.24, 2.45) is 0 Å². The highest BCUT2D eigenvalue weighted by Crippen LogP contribution is 2.05. The molecule has 3 rings (SSSR count). The summed E-state index contributed by atoms with van der Waals surface area (Å²) in [7, 11) is 0. The first-order valence-corrected chi connectivity index (χ1v) is 7.86. The molecule has 1 heterocycles. The second kappa shape index (κ2) is 7.69. The number of benzene rings is 2. The molecule has 1 amide bonds. The van der Waals surface area contributed by atoms with Gasteiger partial charge in [-0.1, -0.05) is 24.3 Å². The van der Waals surface area contributed by atoms with Crippen LogP contribution in [0.5, 0.6) is 0 Å². The zero-order valence-corrected chi connectivity index (χ0v) is 13.7. The molecule has 0 saturated carbocycles. The van der Waals surface area contributed by atoms with Crippen LogP contribution in [0.3, 0.4) is 0 Å². The lowest BCUT2D eigenvalue weighted by molar-refractivity contribution is 0.0943. The standard InChI is InChI=1S/C19H15F2N3O2/c20-15-5-1-13(2-6-15)11-22-19(26)17-9-10-18(25)24(23-17)12-14-3-7-16(21)8-4-14/h1-10H,11-12H2,(H,22,26). The molecule has 0 saturated heterocycles. The van der Waals surface area contributed by atoms with Crippen LogP contribution in [0.25, 0.3) is 0 Å². The van der Waals surface area contributed by atoms with Crippen LogP contribution in [-0.2, 0) is 13.1 Å². The van der Waals surface area contributed by atoms with E-state index in [0.717, 1.165) is 10.2 Å². The van der Waals surface area contributed by atoms with Crippen molar-refractivity contribution in [3.05, 3.63) is 99.5 Å². The molecule has 26 heavy (non-hydrogen) atoms. The Hall–Kier alpha value is -3.35. The molecule has 1 N–H and O–H groups in total. The number of aromatic nitrogens is 2. The highest BCUT2D eigenvalue weighted by atomic mass is 19.1. The predicted molar refractivity (Wildman–Crippen MR) is 91.6 cm³/mol. The fourth-order valence-electron chi connectivity index (χ4n) is 2.32. The van der Waals surface area contributed by atoms with E-state index in [9.17, 15) is 18.4 Å². The van der Waals surface area contributed by atoms with E-state index in [1.54, 1.807) is 24.3 Å². The smallest absolute Gasteiger partial charge is 0.271 e. The van der Waals surface area contributed by atoms with Crippen molar-refractivity contribution in [3.8, 4) is 0 Å². The van der Waals surface area contributed by atoms with Crippen LogP contribution >= 0.6 is 0 Å². The lowest BCUT2D eigenvalue weighted by Crippen LogP contribution is -2.29. The molecule has 0 spiro atoms. The van der Waals surface area contributed by atoms with Crippen molar-refractivity contribution in [2.45, 2.75) is 13.1 Å². The highest BCUT2D eigenvalue weighted by molar-refractivity contribution is 5.91. The number of halogens is 2. The molecule has 0 aliphatic heterocycles. The average Bonchev–Trinajstić information content (AvgIpc) is 2.64. The molecule has 2 aromatic carbocycles. The molecule has 0 fully saturated rings. The van der Waals surface area contributed by atoms with Gasteiger partial charge in [-0.3, -0.25) is 9.59 Å². The molecule has 1 aromatic heterocycles. The monoisotopic (exact) mass is 355 g/mol. The normalized spacial score (nSPS) is 10.5. The van der Waals surface area contributed by atoms with Crippen LogP contribution in [-0.4, -0.2) is 15.7 Å². The molecule has 7 heteroatoms. The molecule has 0 aliphatic carbocycles. The third-order valence-corrected chi connectivity index (χ3v) is 3.71. The summed E-state index contributed by atoms with van der Waals surface area (Å²) in [5, 5.41) is 6.72. The van der Waals surface area contributed by atoms with Gasteiger partial charge in [0.15, 0.2) is 0 Å². The fourth-order valence-corrected chi connectivity index (χ4v) is 2.32. The SMILES string of the molecule is O=C(NCc1ccc(F)cc1)c1ccc(=O)n(Cc2ccc(F)cc2)n1. The van der Waals surface area contributed by atoms with E-state index in [4.69, 9.17) is 0 Å². The maximum atomic E-state index is 13.0. The van der Waals surface area contributed by atoms with Gasteiger partial charge in [0.1, 0.15) is 17.3 Å². The maximum absolute atomic E-state index is 13.0. The molecule has 0 aliphatic rings. The summed E-state index contributed by atoms with van der Waals surface area (Å²) in [5.74, 6) is -1.18. The topological polar surface area (TPSA) is 64.0 Å². The highest BCUT2D eigenvalue weighted by Gasteiger charge is 2.10. The van der Waals surface area contributed by atoms with Gasteiger partial charge in [0.05, 0.1) is 6.54 Å². The summed E-state index contributed by atoms with van der Waals surface area (Å²) in [6.45, 7) is 0.329. The first-order chi connectivity index (χ1) is 12.5. The third-order valence-electron chi connectivity index (χ3n) is 3.71. The summed E-state index contributed by atoms with van der Waals surface area (Å²) >= 11 is 0. The largest absolute Gasteiger partial charge is 0.347 e. The van der Waals surface area contributed by atoms with E-state index >= 15 is 0 Å². The lowest BCUT2D eigenvalue weighted by atomic mass is 10.2.